The van der Waals surface area contributed by atoms with Gasteiger partial charge in [0.05, 0.1) is 17.1 Å². The highest BCUT2D eigenvalue weighted by Crippen LogP contribution is 2.43. The summed E-state index contributed by atoms with van der Waals surface area (Å²) in [4.78, 5) is 6.74. The van der Waals surface area contributed by atoms with Crippen molar-refractivity contribution in [2.45, 2.75) is 6.92 Å². The van der Waals surface area contributed by atoms with Gasteiger partial charge in [-0.2, -0.15) is 0 Å². The minimum atomic E-state index is 0.499. The van der Waals surface area contributed by atoms with Gasteiger partial charge < -0.3 is 9.64 Å². The van der Waals surface area contributed by atoms with Crippen molar-refractivity contribution in [3.63, 3.8) is 0 Å². The molecule has 0 aliphatic carbocycles. The maximum atomic E-state index is 6.93. The van der Waals surface area contributed by atoms with Gasteiger partial charge in [-0.25, -0.2) is 4.98 Å². The predicted octanol–water partition coefficient (Wildman–Crippen LogP) is 7.18. The van der Waals surface area contributed by atoms with E-state index in [1.54, 1.807) is 6.07 Å². The standard InChI is InChI=1S/C24H19Cl2N2O/c1-3-29-24-23(28(2)17-9-5-4-6-10-17)22(26)19-15-16(13-14-21(19)27-24)18-11-7-8-12-20(18)25/h4-7,9-15H,3H2,1-2H3. The van der Waals surface area contributed by atoms with E-state index in [0.29, 0.717) is 22.5 Å². The number of halogens is 2. The molecule has 3 aromatic carbocycles. The number of hydrogen-bond donors (Lipinski definition) is 0. The zero-order chi connectivity index (χ0) is 20.4. The summed E-state index contributed by atoms with van der Waals surface area (Å²) in [7, 11) is 1.96. The van der Waals surface area contributed by atoms with Gasteiger partial charge in [0.1, 0.15) is 5.69 Å². The number of hydrogen-bond acceptors (Lipinski definition) is 3. The number of para-hydroxylation sites is 1. The van der Waals surface area contributed by atoms with Crippen LogP contribution in [0.3, 0.4) is 0 Å². The van der Waals surface area contributed by atoms with Crippen LogP contribution in [0.25, 0.3) is 22.0 Å². The van der Waals surface area contributed by atoms with E-state index in [9.17, 15) is 0 Å². The molecule has 0 unspecified atom stereocenters. The van der Waals surface area contributed by atoms with Crippen LogP contribution >= 0.6 is 23.2 Å². The van der Waals surface area contributed by atoms with Crippen molar-refractivity contribution in [1.82, 2.24) is 4.98 Å². The molecule has 0 N–H and O–H groups in total. The average molecular weight is 422 g/mol. The summed E-state index contributed by atoms with van der Waals surface area (Å²) < 4.78 is 5.84. The first-order valence-corrected chi connectivity index (χ1v) is 10.1. The van der Waals surface area contributed by atoms with Crippen molar-refractivity contribution in [2.75, 3.05) is 18.6 Å². The summed E-state index contributed by atoms with van der Waals surface area (Å²) in [6.07, 6.45) is 0. The van der Waals surface area contributed by atoms with Crippen LogP contribution < -0.4 is 9.64 Å². The Kier molecular flexibility index (Phi) is 5.61. The van der Waals surface area contributed by atoms with E-state index in [-0.39, 0.29) is 0 Å². The fourth-order valence-corrected chi connectivity index (χ4v) is 3.91. The summed E-state index contributed by atoms with van der Waals surface area (Å²) in [5.41, 5.74) is 4.39. The van der Waals surface area contributed by atoms with Gasteiger partial charge in [0, 0.05) is 28.7 Å². The van der Waals surface area contributed by atoms with Crippen LogP contribution in [0, 0.1) is 6.07 Å². The number of aromatic nitrogens is 1. The van der Waals surface area contributed by atoms with Crippen molar-refractivity contribution in [1.29, 1.82) is 0 Å². The predicted molar refractivity (Wildman–Crippen MR) is 122 cm³/mol. The lowest BCUT2D eigenvalue weighted by Crippen LogP contribution is -2.13. The highest BCUT2D eigenvalue weighted by molar-refractivity contribution is 6.39. The number of benzene rings is 3. The molecule has 0 bridgehead atoms. The normalized spacial score (nSPS) is 10.9. The van der Waals surface area contributed by atoms with Crippen molar-refractivity contribution in [3.05, 3.63) is 82.8 Å². The van der Waals surface area contributed by atoms with Gasteiger partial charge in [0.2, 0.25) is 5.88 Å². The summed E-state index contributed by atoms with van der Waals surface area (Å²) in [6, 6.07) is 24.5. The molecule has 0 spiro atoms. The van der Waals surface area contributed by atoms with Crippen LogP contribution in [0.1, 0.15) is 6.92 Å². The molecule has 0 aliphatic rings. The Morgan fingerprint density at radius 3 is 2.59 bits per heavy atom. The third-order valence-corrected chi connectivity index (χ3v) is 5.45. The van der Waals surface area contributed by atoms with Crippen LogP contribution in [0.4, 0.5) is 11.4 Å². The molecule has 0 atom stereocenters. The fourth-order valence-electron chi connectivity index (χ4n) is 3.31. The number of anilines is 2. The Morgan fingerprint density at radius 2 is 1.86 bits per heavy atom. The minimum absolute atomic E-state index is 0.499. The quantitative estimate of drug-likeness (QED) is 0.341. The van der Waals surface area contributed by atoms with Gasteiger partial charge in [-0.15, -0.1) is 0 Å². The van der Waals surface area contributed by atoms with E-state index in [4.69, 9.17) is 32.9 Å². The monoisotopic (exact) mass is 421 g/mol. The molecule has 145 valence electrons. The Labute approximate surface area is 180 Å². The molecule has 5 heteroatoms. The minimum Gasteiger partial charge on any atom is -0.476 e. The Morgan fingerprint density at radius 1 is 1.07 bits per heavy atom. The molecule has 3 nitrogen and oxygen atoms in total. The summed E-state index contributed by atoms with van der Waals surface area (Å²) >= 11 is 13.3. The molecule has 4 rings (SSSR count). The van der Waals surface area contributed by atoms with Crippen LogP contribution in [-0.2, 0) is 0 Å². The van der Waals surface area contributed by atoms with Gasteiger partial charge in [-0.3, -0.25) is 0 Å². The molecular weight excluding hydrogens is 403 g/mol. The molecule has 0 aliphatic heterocycles. The first-order chi connectivity index (χ1) is 14.1. The molecular formula is C24H19Cl2N2O. The van der Waals surface area contributed by atoms with Crippen LogP contribution in [-0.4, -0.2) is 18.6 Å². The number of fused-ring (bicyclic) bond motifs is 1. The number of rotatable bonds is 5. The fraction of sp³-hybridized carbons (Fsp3) is 0.125. The van der Waals surface area contributed by atoms with E-state index in [0.717, 1.165) is 33.4 Å². The zero-order valence-electron chi connectivity index (χ0n) is 16.1. The first-order valence-electron chi connectivity index (χ1n) is 9.31. The van der Waals surface area contributed by atoms with Crippen LogP contribution in [0.15, 0.2) is 66.7 Å². The molecule has 4 aromatic rings. The molecule has 0 fully saturated rings. The second kappa shape index (κ2) is 8.32. The highest BCUT2D eigenvalue weighted by atomic mass is 35.5. The molecule has 0 saturated heterocycles. The smallest absolute Gasteiger partial charge is 0.240 e. The second-order valence-electron chi connectivity index (χ2n) is 6.55. The van der Waals surface area contributed by atoms with E-state index >= 15 is 0 Å². The largest absolute Gasteiger partial charge is 0.476 e. The SMILES string of the molecule is CCOc1nc2ccc(-c3cc[c]cc3Cl)cc2c(Cl)c1N(C)c1ccccc1. The zero-order valence-corrected chi connectivity index (χ0v) is 17.6. The Balaban J connectivity index is 1.93. The first kappa shape index (κ1) is 19.6. The van der Waals surface area contributed by atoms with Gasteiger partial charge in [0.25, 0.3) is 0 Å². The molecule has 0 saturated carbocycles. The van der Waals surface area contributed by atoms with E-state index in [2.05, 4.69) is 6.07 Å². The molecule has 29 heavy (non-hydrogen) atoms. The van der Waals surface area contributed by atoms with Gasteiger partial charge >= 0.3 is 0 Å². The average Bonchev–Trinajstić information content (AvgIpc) is 2.75. The number of ether oxygens (including phenoxy) is 1. The van der Waals surface area contributed by atoms with Crippen molar-refractivity contribution >= 4 is 45.5 Å². The third kappa shape index (κ3) is 3.76. The van der Waals surface area contributed by atoms with E-state index in [1.165, 1.54) is 0 Å². The lowest BCUT2D eigenvalue weighted by Gasteiger charge is -2.24. The third-order valence-electron chi connectivity index (χ3n) is 4.75. The molecule has 0 amide bonds. The summed E-state index contributed by atoms with van der Waals surface area (Å²) in [5, 5.41) is 2.07. The Bertz CT molecular complexity index is 1160. The van der Waals surface area contributed by atoms with Gasteiger partial charge in [-0.1, -0.05) is 59.6 Å². The van der Waals surface area contributed by atoms with Crippen molar-refractivity contribution in [3.8, 4) is 17.0 Å². The lowest BCUT2D eigenvalue weighted by molar-refractivity contribution is 0.329. The topological polar surface area (TPSA) is 25.4 Å². The van der Waals surface area contributed by atoms with Gasteiger partial charge in [0.15, 0.2) is 0 Å². The highest BCUT2D eigenvalue weighted by Gasteiger charge is 2.20. The van der Waals surface area contributed by atoms with E-state index in [1.807, 2.05) is 79.5 Å². The lowest BCUT2D eigenvalue weighted by atomic mass is 10.0. The number of pyridine rings is 1. The summed E-state index contributed by atoms with van der Waals surface area (Å²) in [6.45, 7) is 2.43. The molecule has 1 aromatic heterocycles. The van der Waals surface area contributed by atoms with Crippen molar-refractivity contribution in [2.24, 2.45) is 0 Å². The van der Waals surface area contributed by atoms with Crippen molar-refractivity contribution < 1.29 is 4.74 Å². The summed E-state index contributed by atoms with van der Waals surface area (Å²) in [5.74, 6) is 0.511. The van der Waals surface area contributed by atoms with Gasteiger partial charge in [-0.05, 0) is 48.9 Å². The van der Waals surface area contributed by atoms with E-state index < -0.39 is 0 Å². The molecule has 1 heterocycles. The number of nitrogens with zero attached hydrogens (tertiary/aromatic N) is 2. The maximum absolute atomic E-state index is 6.93. The second-order valence-corrected chi connectivity index (χ2v) is 7.33. The Hall–Kier alpha value is -2.75. The van der Waals surface area contributed by atoms with Crippen LogP contribution in [0.5, 0.6) is 5.88 Å². The molecule has 1 radical (unpaired) electrons. The maximum Gasteiger partial charge on any atom is 0.240 e. The van der Waals surface area contributed by atoms with Crippen LogP contribution in [0.2, 0.25) is 10.0 Å².